The molecule has 0 radical (unpaired) electrons. The minimum Gasteiger partial charge on any atom is -0.386 e. The first kappa shape index (κ1) is 19.6. The van der Waals surface area contributed by atoms with Crippen LogP contribution < -0.4 is 0 Å². The third kappa shape index (κ3) is 3.87. The first-order valence-electron chi connectivity index (χ1n) is 13.1. The number of hydrogen-bond acceptors (Lipinski definition) is 5. The van der Waals surface area contributed by atoms with Crippen molar-refractivity contribution in [2.45, 2.75) is 52.1 Å². The zero-order chi connectivity index (χ0) is 27.4. The molecule has 0 spiro atoms. The van der Waals surface area contributed by atoms with Gasteiger partial charge < -0.3 is 9.67 Å². The molecule has 4 heterocycles. The van der Waals surface area contributed by atoms with Crippen LogP contribution in [0.5, 0.6) is 0 Å². The molecule has 180 valence electrons. The van der Waals surface area contributed by atoms with Crippen LogP contribution in [0, 0.1) is 12.7 Å². The summed E-state index contributed by atoms with van der Waals surface area (Å²) in [7, 11) is 1.54. The average Bonchev–Trinajstić information content (AvgIpc) is 3.39. The van der Waals surface area contributed by atoms with Crippen molar-refractivity contribution in [2.24, 2.45) is 7.05 Å². The maximum absolute atomic E-state index is 15.8. The molecule has 1 atom stereocenters. The van der Waals surface area contributed by atoms with Gasteiger partial charge in [0.1, 0.15) is 5.82 Å². The Morgan fingerprint density at radius 1 is 1.17 bits per heavy atom. The minimum absolute atomic E-state index is 0.0826. The average molecular weight is 476 g/mol. The molecule has 5 aromatic rings. The van der Waals surface area contributed by atoms with Gasteiger partial charge in [0.05, 0.1) is 45.3 Å². The van der Waals surface area contributed by atoms with E-state index in [1.807, 2.05) is 24.3 Å². The van der Waals surface area contributed by atoms with E-state index in [1.54, 1.807) is 39.4 Å². The molecule has 0 bridgehead atoms. The number of rotatable bonds is 6. The number of pyridine rings is 2. The van der Waals surface area contributed by atoms with Gasteiger partial charge in [0, 0.05) is 40.1 Å². The van der Waals surface area contributed by atoms with Gasteiger partial charge in [-0.15, -0.1) is 5.10 Å². The minimum atomic E-state index is -2.57. The fraction of sp³-hybridized carbons (Fsp3) is 0.333. The number of fused-ring (bicyclic) bond motifs is 3. The molecule has 0 saturated carbocycles. The molecule has 1 N–H and O–H groups in total. The second-order valence-corrected chi connectivity index (χ2v) is 9.34. The van der Waals surface area contributed by atoms with E-state index >= 15 is 4.39 Å². The summed E-state index contributed by atoms with van der Waals surface area (Å²) in [5.74, 6) is -0.606. The monoisotopic (exact) mass is 475 g/mol. The molecule has 5 rings (SSSR count). The van der Waals surface area contributed by atoms with Crippen LogP contribution in [0.3, 0.4) is 0 Å². The molecule has 1 aromatic carbocycles. The molecule has 1 unspecified atom stereocenters. The van der Waals surface area contributed by atoms with Crippen molar-refractivity contribution in [1.29, 1.82) is 0 Å². The van der Waals surface area contributed by atoms with E-state index < -0.39 is 18.3 Å². The van der Waals surface area contributed by atoms with Crippen LogP contribution in [-0.2, 0) is 12.6 Å². The van der Waals surface area contributed by atoms with E-state index in [-0.39, 0.29) is 23.0 Å². The highest BCUT2D eigenvalue weighted by Gasteiger charge is 2.26. The lowest BCUT2D eigenvalue weighted by molar-refractivity contribution is 0.0784. The van der Waals surface area contributed by atoms with Crippen molar-refractivity contribution in [2.75, 3.05) is 0 Å². The Kier molecular flexibility index (Phi) is 4.79. The predicted octanol–water partition coefficient (Wildman–Crippen LogP) is 5.44. The molecule has 7 nitrogen and oxygen atoms in total. The van der Waals surface area contributed by atoms with Crippen molar-refractivity contribution in [3.05, 3.63) is 71.6 Å². The van der Waals surface area contributed by atoms with E-state index in [9.17, 15) is 5.11 Å². The van der Waals surface area contributed by atoms with Gasteiger partial charge in [-0.2, -0.15) is 0 Å². The Balaban J connectivity index is 1.90. The Bertz CT molecular complexity index is 1640. The van der Waals surface area contributed by atoms with Gasteiger partial charge >= 0.3 is 0 Å². The summed E-state index contributed by atoms with van der Waals surface area (Å²) < 4.78 is 42.8. The van der Waals surface area contributed by atoms with E-state index in [2.05, 4.69) is 31.8 Å². The van der Waals surface area contributed by atoms with Crippen LogP contribution in [0.4, 0.5) is 4.39 Å². The zero-order valence-electron chi connectivity index (χ0n) is 23.1. The number of hydrogen-bond donors (Lipinski definition) is 1. The van der Waals surface area contributed by atoms with Crippen LogP contribution >= 0.6 is 0 Å². The number of aryl methyl sites for hydroxylation is 2. The maximum atomic E-state index is 15.8. The SMILES string of the molecule is [2H]C([2H])([2H])c1nnn(C)c1-c1cc2c(cc1F)c1ncc(C(C)(C)O)cc1n2C(CCC)c1ccccn1. The molecule has 0 aliphatic heterocycles. The van der Waals surface area contributed by atoms with Crippen molar-refractivity contribution in [3.8, 4) is 11.3 Å². The van der Waals surface area contributed by atoms with Gasteiger partial charge in [0.2, 0.25) is 0 Å². The number of halogens is 1. The lowest BCUT2D eigenvalue weighted by Crippen LogP contribution is -2.16. The lowest BCUT2D eigenvalue weighted by Gasteiger charge is -2.22. The Morgan fingerprint density at radius 3 is 2.69 bits per heavy atom. The van der Waals surface area contributed by atoms with Crippen LogP contribution in [0.2, 0.25) is 0 Å². The van der Waals surface area contributed by atoms with Crippen LogP contribution in [0.25, 0.3) is 33.2 Å². The smallest absolute Gasteiger partial charge is 0.133 e. The van der Waals surface area contributed by atoms with Crippen molar-refractivity contribution in [3.63, 3.8) is 0 Å². The third-order valence-electron chi connectivity index (χ3n) is 6.42. The quantitative estimate of drug-likeness (QED) is 0.353. The van der Waals surface area contributed by atoms with Gasteiger partial charge in [-0.3, -0.25) is 9.97 Å². The molecule has 8 heteroatoms. The molecule has 0 saturated heterocycles. The summed E-state index contributed by atoms with van der Waals surface area (Å²) in [4.78, 5) is 9.28. The summed E-state index contributed by atoms with van der Waals surface area (Å²) in [5.41, 5.74) is 2.19. The highest BCUT2D eigenvalue weighted by Crippen LogP contribution is 2.39. The molecule has 0 fully saturated rings. The summed E-state index contributed by atoms with van der Waals surface area (Å²) in [6, 6.07) is 10.4. The summed E-state index contributed by atoms with van der Waals surface area (Å²) in [5, 5.41) is 19.0. The largest absolute Gasteiger partial charge is 0.386 e. The topological polar surface area (TPSA) is 81.6 Å². The molecule has 0 aliphatic carbocycles. The van der Waals surface area contributed by atoms with E-state index in [0.717, 1.165) is 24.1 Å². The Morgan fingerprint density at radius 2 is 2.00 bits per heavy atom. The van der Waals surface area contributed by atoms with Crippen molar-refractivity contribution >= 4 is 21.9 Å². The molecule has 0 aliphatic rings. The number of nitrogens with zero attached hydrogens (tertiary/aromatic N) is 6. The van der Waals surface area contributed by atoms with Gasteiger partial charge in [-0.25, -0.2) is 9.07 Å². The standard InChI is InChI=1S/C27H29FN6O/c1-6-9-22(21-10-7-8-11-29-21)34-23-14-18(26-16(2)31-32-33(26)5)20(28)13-19(23)25-24(34)12-17(15-30-25)27(3,4)35/h7-8,10-15,22,35H,6,9H2,1-5H3/i2D3. The van der Waals surface area contributed by atoms with Crippen molar-refractivity contribution in [1.82, 2.24) is 29.5 Å². The predicted molar refractivity (Wildman–Crippen MR) is 134 cm³/mol. The third-order valence-corrected chi connectivity index (χ3v) is 6.42. The van der Waals surface area contributed by atoms with Crippen LogP contribution in [0.15, 0.2) is 48.8 Å². The number of aromatic nitrogens is 6. The molecule has 0 amide bonds. The number of benzene rings is 1. The fourth-order valence-electron chi connectivity index (χ4n) is 4.69. The zero-order valence-corrected chi connectivity index (χ0v) is 20.1. The Hall–Kier alpha value is -3.65. The van der Waals surface area contributed by atoms with E-state index in [0.29, 0.717) is 22.0 Å². The Labute approximate surface area is 207 Å². The highest BCUT2D eigenvalue weighted by molar-refractivity contribution is 6.07. The summed E-state index contributed by atoms with van der Waals surface area (Å²) >= 11 is 0. The fourth-order valence-corrected chi connectivity index (χ4v) is 4.69. The maximum Gasteiger partial charge on any atom is 0.133 e. The highest BCUT2D eigenvalue weighted by atomic mass is 19.1. The van der Waals surface area contributed by atoms with Crippen LogP contribution in [0.1, 0.15) is 60.7 Å². The number of aliphatic hydroxyl groups is 1. The van der Waals surface area contributed by atoms with Gasteiger partial charge in [0.25, 0.3) is 0 Å². The normalized spacial score (nSPS) is 14.7. The van der Waals surface area contributed by atoms with E-state index in [1.165, 1.54) is 10.7 Å². The molecule has 35 heavy (non-hydrogen) atoms. The summed E-state index contributed by atoms with van der Waals surface area (Å²) in [6.45, 7) is 2.89. The van der Waals surface area contributed by atoms with Gasteiger partial charge in [-0.05, 0) is 57.5 Å². The molecule has 4 aromatic heterocycles. The van der Waals surface area contributed by atoms with E-state index in [4.69, 9.17) is 4.11 Å². The van der Waals surface area contributed by atoms with Gasteiger partial charge in [0.15, 0.2) is 0 Å². The van der Waals surface area contributed by atoms with Crippen molar-refractivity contribution < 1.29 is 13.6 Å². The van der Waals surface area contributed by atoms with Gasteiger partial charge in [-0.1, -0.05) is 24.6 Å². The molecular formula is C27H29FN6O. The summed E-state index contributed by atoms with van der Waals surface area (Å²) in [6.07, 6.45) is 4.93. The molecular weight excluding hydrogens is 443 g/mol. The first-order chi connectivity index (χ1) is 17.9. The lowest BCUT2D eigenvalue weighted by atomic mass is 10.00. The first-order valence-corrected chi connectivity index (χ1v) is 11.6. The second kappa shape index (κ2) is 8.53. The second-order valence-electron chi connectivity index (χ2n) is 9.34. The van der Waals surface area contributed by atoms with Crippen LogP contribution in [-0.4, -0.2) is 34.6 Å².